The molecule has 0 aliphatic carbocycles. The lowest BCUT2D eigenvalue weighted by Gasteiger charge is -2.04. The molecule has 0 aliphatic heterocycles. The van der Waals surface area contributed by atoms with E-state index in [1.807, 2.05) is 16.9 Å². The number of nitrogens with zero attached hydrogens (tertiary/aromatic N) is 2. The predicted octanol–water partition coefficient (Wildman–Crippen LogP) is 3.62. The zero-order valence-corrected chi connectivity index (χ0v) is 12.1. The zero-order chi connectivity index (χ0) is 13.4. The van der Waals surface area contributed by atoms with Crippen LogP contribution < -0.4 is 0 Å². The third-order valence-corrected chi connectivity index (χ3v) is 2.38. The van der Waals surface area contributed by atoms with Crippen LogP contribution in [0.4, 0.5) is 0 Å². The highest BCUT2D eigenvalue weighted by Gasteiger charge is 1.98. The first-order valence-corrected chi connectivity index (χ1v) is 6.85. The van der Waals surface area contributed by atoms with Gasteiger partial charge < -0.3 is 4.74 Å². The number of ether oxygens (including phenoxy) is 1. The molecule has 0 aromatic carbocycles. The Morgan fingerprint density at radius 1 is 1.28 bits per heavy atom. The Morgan fingerprint density at radius 3 is 2.72 bits per heavy atom. The average molecular weight is 250 g/mol. The van der Waals surface area contributed by atoms with Crippen LogP contribution in [0.25, 0.3) is 6.08 Å². The van der Waals surface area contributed by atoms with Crippen molar-refractivity contribution in [2.75, 3.05) is 13.2 Å². The van der Waals surface area contributed by atoms with Gasteiger partial charge in [-0.05, 0) is 30.4 Å². The number of hydrogen-bond acceptors (Lipinski definition) is 2. The van der Waals surface area contributed by atoms with Crippen molar-refractivity contribution < 1.29 is 4.74 Å². The van der Waals surface area contributed by atoms with E-state index in [1.165, 1.54) is 0 Å². The van der Waals surface area contributed by atoms with Gasteiger partial charge in [0.25, 0.3) is 0 Å². The minimum Gasteiger partial charge on any atom is -0.381 e. The van der Waals surface area contributed by atoms with Crippen LogP contribution in [-0.2, 0) is 11.3 Å². The van der Waals surface area contributed by atoms with Crippen molar-refractivity contribution in [1.82, 2.24) is 9.78 Å². The lowest BCUT2D eigenvalue weighted by Crippen LogP contribution is -2.04. The second kappa shape index (κ2) is 8.09. The van der Waals surface area contributed by atoms with E-state index in [1.54, 1.807) is 0 Å². The second-order valence-corrected chi connectivity index (χ2v) is 5.52. The standard InChI is InChI=1S/C15H26N2O/c1-13(2)11-17-9-8-15(16-17)7-5-6-10-18-12-14(3)4/h5,7-9,13-14H,6,10-12H2,1-4H3. The van der Waals surface area contributed by atoms with Gasteiger partial charge in [-0.3, -0.25) is 4.68 Å². The molecule has 0 amide bonds. The van der Waals surface area contributed by atoms with Gasteiger partial charge in [-0.1, -0.05) is 33.8 Å². The van der Waals surface area contributed by atoms with E-state index in [4.69, 9.17) is 4.74 Å². The highest BCUT2D eigenvalue weighted by Crippen LogP contribution is 2.03. The Labute approximate surface area is 111 Å². The number of hydrogen-bond donors (Lipinski definition) is 0. The van der Waals surface area contributed by atoms with Crippen LogP contribution in [0.2, 0.25) is 0 Å². The molecule has 0 N–H and O–H groups in total. The van der Waals surface area contributed by atoms with Crippen molar-refractivity contribution in [3.05, 3.63) is 24.0 Å². The molecule has 0 saturated heterocycles. The molecule has 18 heavy (non-hydrogen) atoms. The van der Waals surface area contributed by atoms with Crippen LogP contribution in [0.3, 0.4) is 0 Å². The minimum atomic E-state index is 0.612. The van der Waals surface area contributed by atoms with Gasteiger partial charge in [-0.2, -0.15) is 5.10 Å². The fourth-order valence-corrected chi connectivity index (χ4v) is 1.62. The second-order valence-electron chi connectivity index (χ2n) is 5.52. The van der Waals surface area contributed by atoms with Crippen molar-refractivity contribution in [3.8, 4) is 0 Å². The quantitative estimate of drug-likeness (QED) is 0.659. The lowest BCUT2D eigenvalue weighted by molar-refractivity contribution is 0.114. The summed E-state index contributed by atoms with van der Waals surface area (Å²) in [5, 5.41) is 4.49. The van der Waals surface area contributed by atoms with E-state index in [9.17, 15) is 0 Å². The van der Waals surface area contributed by atoms with E-state index in [-0.39, 0.29) is 0 Å². The van der Waals surface area contributed by atoms with E-state index in [0.717, 1.165) is 31.9 Å². The van der Waals surface area contributed by atoms with Gasteiger partial charge in [0.15, 0.2) is 0 Å². The minimum absolute atomic E-state index is 0.612. The summed E-state index contributed by atoms with van der Waals surface area (Å²) in [7, 11) is 0. The molecule has 3 heteroatoms. The first kappa shape index (κ1) is 15.0. The topological polar surface area (TPSA) is 27.1 Å². The molecule has 0 atom stereocenters. The van der Waals surface area contributed by atoms with E-state index in [2.05, 4.69) is 44.9 Å². The Hall–Kier alpha value is -1.09. The molecule has 0 saturated carbocycles. The molecule has 1 aromatic rings. The summed E-state index contributed by atoms with van der Waals surface area (Å²) < 4.78 is 7.51. The summed E-state index contributed by atoms with van der Waals surface area (Å²) in [6, 6.07) is 2.05. The largest absolute Gasteiger partial charge is 0.381 e. The number of rotatable bonds is 8. The summed E-state index contributed by atoms with van der Waals surface area (Å²) in [5.41, 5.74) is 1.03. The molecule has 1 heterocycles. The van der Waals surface area contributed by atoms with Crippen LogP contribution in [0.1, 0.15) is 39.8 Å². The van der Waals surface area contributed by atoms with Crippen molar-refractivity contribution in [3.63, 3.8) is 0 Å². The smallest absolute Gasteiger partial charge is 0.0847 e. The van der Waals surface area contributed by atoms with Crippen LogP contribution in [0.5, 0.6) is 0 Å². The van der Waals surface area contributed by atoms with Gasteiger partial charge in [-0.15, -0.1) is 0 Å². The van der Waals surface area contributed by atoms with Crippen molar-refractivity contribution in [2.45, 2.75) is 40.7 Å². The van der Waals surface area contributed by atoms with Crippen LogP contribution >= 0.6 is 0 Å². The molecule has 0 fully saturated rings. The lowest BCUT2D eigenvalue weighted by atomic mass is 10.2. The first-order chi connectivity index (χ1) is 8.58. The van der Waals surface area contributed by atoms with Crippen molar-refractivity contribution in [2.24, 2.45) is 11.8 Å². The summed E-state index contributed by atoms with van der Waals surface area (Å²) in [6.45, 7) is 11.3. The van der Waals surface area contributed by atoms with Crippen LogP contribution in [-0.4, -0.2) is 23.0 Å². The molecule has 102 valence electrons. The summed E-state index contributed by atoms with van der Waals surface area (Å²) in [4.78, 5) is 0. The normalized spacial score (nSPS) is 12.1. The van der Waals surface area contributed by atoms with Crippen LogP contribution in [0.15, 0.2) is 18.3 Å². The Kier molecular flexibility index (Phi) is 6.73. The van der Waals surface area contributed by atoms with Crippen molar-refractivity contribution in [1.29, 1.82) is 0 Å². The maximum Gasteiger partial charge on any atom is 0.0847 e. The molecule has 3 nitrogen and oxygen atoms in total. The Bertz CT molecular complexity index is 353. The molecule has 0 aliphatic rings. The Balaban J connectivity index is 2.23. The SMILES string of the molecule is CC(C)COCCC=Cc1ccn(CC(C)C)n1. The van der Waals surface area contributed by atoms with Gasteiger partial charge in [0, 0.05) is 19.3 Å². The molecule has 0 spiro atoms. The van der Waals surface area contributed by atoms with E-state index in [0.29, 0.717) is 11.8 Å². The van der Waals surface area contributed by atoms with Crippen LogP contribution in [0, 0.1) is 11.8 Å². The summed E-state index contributed by atoms with van der Waals surface area (Å²) in [5.74, 6) is 1.24. The molecule has 1 aromatic heterocycles. The summed E-state index contributed by atoms with van der Waals surface area (Å²) in [6.07, 6.45) is 7.18. The van der Waals surface area contributed by atoms with Gasteiger partial charge in [-0.25, -0.2) is 0 Å². The fraction of sp³-hybridized carbons (Fsp3) is 0.667. The van der Waals surface area contributed by atoms with Gasteiger partial charge in [0.2, 0.25) is 0 Å². The monoisotopic (exact) mass is 250 g/mol. The fourth-order valence-electron chi connectivity index (χ4n) is 1.62. The van der Waals surface area contributed by atoms with Gasteiger partial charge in [0.1, 0.15) is 0 Å². The molecule has 0 radical (unpaired) electrons. The highest BCUT2D eigenvalue weighted by atomic mass is 16.5. The Morgan fingerprint density at radius 2 is 2.06 bits per heavy atom. The molecular formula is C15H26N2O. The van der Waals surface area contributed by atoms with Crippen molar-refractivity contribution >= 4 is 6.08 Å². The third-order valence-electron chi connectivity index (χ3n) is 2.38. The maximum absolute atomic E-state index is 5.51. The first-order valence-electron chi connectivity index (χ1n) is 6.85. The van der Waals surface area contributed by atoms with Gasteiger partial charge in [0.05, 0.1) is 12.3 Å². The average Bonchev–Trinajstić information content (AvgIpc) is 2.69. The molecule has 0 bridgehead atoms. The zero-order valence-electron chi connectivity index (χ0n) is 12.1. The number of aromatic nitrogens is 2. The summed E-state index contributed by atoms with van der Waals surface area (Å²) >= 11 is 0. The molecule has 0 unspecified atom stereocenters. The van der Waals surface area contributed by atoms with E-state index >= 15 is 0 Å². The van der Waals surface area contributed by atoms with E-state index < -0.39 is 0 Å². The third kappa shape index (κ3) is 6.60. The van der Waals surface area contributed by atoms with Gasteiger partial charge >= 0.3 is 0 Å². The molecule has 1 rings (SSSR count). The maximum atomic E-state index is 5.51. The highest BCUT2D eigenvalue weighted by molar-refractivity contribution is 5.43. The molecular weight excluding hydrogens is 224 g/mol. The predicted molar refractivity (Wildman–Crippen MR) is 76.4 cm³/mol.